The lowest BCUT2D eigenvalue weighted by molar-refractivity contribution is -0.160. The maximum absolute atomic E-state index is 12.0. The second-order valence-electron chi connectivity index (χ2n) is 9.49. The van der Waals surface area contributed by atoms with E-state index in [4.69, 9.17) is 21.1 Å². The number of aryl methyl sites for hydroxylation is 1. The van der Waals surface area contributed by atoms with Gasteiger partial charge in [-0.2, -0.15) is 0 Å². The van der Waals surface area contributed by atoms with Crippen LogP contribution in [0.2, 0.25) is 0 Å². The summed E-state index contributed by atoms with van der Waals surface area (Å²) in [6.07, 6.45) is 0.678. The fourth-order valence-corrected chi connectivity index (χ4v) is 4.77. The average molecular weight is 444 g/mol. The summed E-state index contributed by atoms with van der Waals surface area (Å²) < 4.78 is 11.7. The summed E-state index contributed by atoms with van der Waals surface area (Å²) in [6.45, 7) is 11.1. The molecular formula is C25H30ClNO4. The third kappa shape index (κ3) is 4.26. The van der Waals surface area contributed by atoms with Crippen LogP contribution in [0.4, 0.5) is 11.4 Å². The molecule has 0 amide bonds. The van der Waals surface area contributed by atoms with E-state index >= 15 is 0 Å². The van der Waals surface area contributed by atoms with E-state index in [1.165, 1.54) is 11.1 Å². The molecule has 1 unspecified atom stereocenters. The molecule has 2 heterocycles. The number of hydrogen-bond donors (Lipinski definition) is 1. The van der Waals surface area contributed by atoms with Gasteiger partial charge < -0.3 is 19.5 Å². The van der Waals surface area contributed by atoms with E-state index in [2.05, 4.69) is 24.0 Å². The first-order chi connectivity index (χ1) is 14.5. The zero-order chi connectivity index (χ0) is 22.5. The fourth-order valence-electron chi connectivity index (χ4n) is 4.56. The highest BCUT2D eigenvalue weighted by Gasteiger charge is 2.31. The molecule has 0 aromatic heterocycles. The predicted molar refractivity (Wildman–Crippen MR) is 123 cm³/mol. The van der Waals surface area contributed by atoms with Gasteiger partial charge in [0.15, 0.2) is 6.10 Å². The molecule has 2 aliphatic rings. The highest BCUT2D eigenvalue weighted by molar-refractivity contribution is 6.21. The minimum absolute atomic E-state index is 0.00659. The van der Waals surface area contributed by atoms with Crippen molar-refractivity contribution in [3.05, 3.63) is 52.1 Å². The first kappa shape index (κ1) is 22.0. The van der Waals surface area contributed by atoms with Crippen molar-refractivity contribution in [2.75, 3.05) is 18.1 Å². The lowest BCUT2D eigenvalue weighted by Gasteiger charge is -2.29. The molecule has 0 saturated carbocycles. The molecule has 0 spiro atoms. The van der Waals surface area contributed by atoms with Crippen LogP contribution in [0.3, 0.4) is 0 Å². The third-order valence-corrected chi connectivity index (χ3v) is 6.28. The van der Waals surface area contributed by atoms with Crippen LogP contribution in [-0.2, 0) is 22.4 Å². The maximum Gasteiger partial charge on any atom is 0.337 e. The zero-order valence-electron chi connectivity index (χ0n) is 18.8. The molecule has 1 N–H and O–H groups in total. The van der Waals surface area contributed by atoms with Gasteiger partial charge in [-0.15, -0.1) is 11.6 Å². The molecule has 4 rings (SSSR count). The van der Waals surface area contributed by atoms with Gasteiger partial charge in [-0.25, -0.2) is 4.79 Å². The number of carboxylic acid groups (broad SMARTS) is 1. The molecule has 31 heavy (non-hydrogen) atoms. The summed E-state index contributed by atoms with van der Waals surface area (Å²) in [4.78, 5) is 14.3. The molecule has 2 atom stereocenters. The summed E-state index contributed by atoms with van der Waals surface area (Å²) in [5.41, 5.74) is 6.89. The van der Waals surface area contributed by atoms with Crippen molar-refractivity contribution in [2.45, 2.75) is 64.5 Å². The van der Waals surface area contributed by atoms with Crippen molar-refractivity contribution in [3.8, 4) is 5.75 Å². The van der Waals surface area contributed by atoms with E-state index in [1.807, 2.05) is 39.8 Å². The van der Waals surface area contributed by atoms with Crippen molar-refractivity contribution in [1.82, 2.24) is 0 Å². The van der Waals surface area contributed by atoms with Crippen molar-refractivity contribution < 1.29 is 19.4 Å². The van der Waals surface area contributed by atoms with Gasteiger partial charge in [0.2, 0.25) is 0 Å². The molecule has 0 fully saturated rings. The van der Waals surface area contributed by atoms with Gasteiger partial charge >= 0.3 is 5.97 Å². The lowest BCUT2D eigenvalue weighted by atomic mass is 9.97. The van der Waals surface area contributed by atoms with Gasteiger partial charge in [0.25, 0.3) is 0 Å². The van der Waals surface area contributed by atoms with Gasteiger partial charge in [-0.3, -0.25) is 0 Å². The maximum atomic E-state index is 12.0. The Bertz CT molecular complexity index is 1030. The minimum Gasteiger partial charge on any atom is -0.492 e. The number of carboxylic acids is 1. The topological polar surface area (TPSA) is 59.0 Å². The molecule has 0 aliphatic carbocycles. The number of hydrogen-bond acceptors (Lipinski definition) is 4. The largest absolute Gasteiger partial charge is 0.492 e. The number of nitrogens with zero attached hydrogens (tertiary/aromatic N) is 1. The number of aliphatic carboxylic acids is 1. The van der Waals surface area contributed by atoms with Gasteiger partial charge in [0, 0.05) is 23.5 Å². The van der Waals surface area contributed by atoms with E-state index < -0.39 is 17.7 Å². The van der Waals surface area contributed by atoms with Crippen LogP contribution in [-0.4, -0.2) is 35.2 Å². The molecule has 0 bridgehead atoms. The summed E-state index contributed by atoms with van der Waals surface area (Å²) in [5, 5.41) is 9.80. The number of halogens is 1. The van der Waals surface area contributed by atoms with Crippen molar-refractivity contribution in [1.29, 1.82) is 0 Å². The van der Waals surface area contributed by atoms with Crippen LogP contribution in [0.1, 0.15) is 54.7 Å². The number of fused-ring (bicyclic) bond motifs is 2. The van der Waals surface area contributed by atoms with Crippen LogP contribution in [0, 0.1) is 13.8 Å². The number of anilines is 2. The van der Waals surface area contributed by atoms with Crippen LogP contribution in [0.15, 0.2) is 24.3 Å². The molecule has 166 valence electrons. The van der Waals surface area contributed by atoms with E-state index in [9.17, 15) is 9.90 Å². The number of rotatable bonds is 4. The highest BCUT2D eigenvalue weighted by atomic mass is 35.5. The third-order valence-electron chi connectivity index (χ3n) is 6.00. The van der Waals surface area contributed by atoms with Crippen molar-refractivity contribution in [3.63, 3.8) is 0 Å². The number of ether oxygens (including phenoxy) is 2. The Balaban J connectivity index is 1.71. The predicted octanol–water partition coefficient (Wildman–Crippen LogP) is 5.48. The van der Waals surface area contributed by atoms with E-state index in [0.29, 0.717) is 6.61 Å². The first-order valence-electron chi connectivity index (χ1n) is 10.8. The molecule has 2 aliphatic heterocycles. The van der Waals surface area contributed by atoms with Gasteiger partial charge in [0.1, 0.15) is 12.4 Å². The summed E-state index contributed by atoms with van der Waals surface area (Å²) in [5.74, 6) is -0.0401. The Morgan fingerprint density at radius 3 is 2.68 bits per heavy atom. The smallest absolute Gasteiger partial charge is 0.337 e. The minimum atomic E-state index is -0.984. The Hall–Kier alpha value is -2.24. The number of benzene rings is 2. The quantitative estimate of drug-likeness (QED) is 0.634. The summed E-state index contributed by atoms with van der Waals surface area (Å²) in [7, 11) is 0. The summed E-state index contributed by atoms with van der Waals surface area (Å²) >= 11 is 6.35. The molecule has 0 radical (unpaired) electrons. The average Bonchev–Trinajstić information content (AvgIpc) is 3.08. The van der Waals surface area contributed by atoms with Crippen molar-refractivity contribution >= 4 is 28.9 Å². The molecule has 5 nitrogen and oxygen atoms in total. The SMILES string of the molecule is Cc1cc2c(cc1[C@H](OC(C)(C)C)C(=O)O)CCN2c1ccc2c(c1C)CC(Cl)CO2. The fraction of sp³-hybridized carbons (Fsp3) is 0.480. The number of alkyl halides is 1. The van der Waals surface area contributed by atoms with Crippen LogP contribution in [0.5, 0.6) is 5.75 Å². The molecule has 2 aromatic rings. The highest BCUT2D eigenvalue weighted by Crippen LogP contribution is 2.42. The van der Waals surface area contributed by atoms with Crippen LogP contribution in [0.25, 0.3) is 0 Å². The Labute approximate surface area is 188 Å². The second-order valence-corrected chi connectivity index (χ2v) is 10.1. The van der Waals surface area contributed by atoms with E-state index in [0.717, 1.165) is 53.2 Å². The van der Waals surface area contributed by atoms with Crippen LogP contribution >= 0.6 is 11.6 Å². The van der Waals surface area contributed by atoms with Gasteiger partial charge in [0.05, 0.1) is 11.0 Å². The molecular weight excluding hydrogens is 414 g/mol. The van der Waals surface area contributed by atoms with Gasteiger partial charge in [-0.05, 0) is 87.9 Å². The lowest BCUT2D eigenvalue weighted by Crippen LogP contribution is -2.28. The molecule has 0 saturated heterocycles. The van der Waals surface area contributed by atoms with Crippen LogP contribution < -0.4 is 9.64 Å². The zero-order valence-corrected chi connectivity index (χ0v) is 19.5. The second kappa shape index (κ2) is 8.03. The van der Waals surface area contributed by atoms with E-state index in [-0.39, 0.29) is 5.38 Å². The number of carbonyl (C=O) groups is 1. The standard InChI is InChI=1S/C25H30ClNO4/c1-14-10-21-16(11-18(14)23(24(28)29)31-25(3,4)5)8-9-27(21)20-6-7-22-19(15(20)2)12-17(26)13-30-22/h6-7,10-11,17,23H,8-9,12-13H2,1-5H3,(H,28,29)/t17?,23-/m0/s1. The normalized spacial score (nSPS) is 18.9. The molecule has 6 heteroatoms. The first-order valence-corrected chi connectivity index (χ1v) is 11.2. The summed E-state index contributed by atoms with van der Waals surface area (Å²) in [6, 6.07) is 8.27. The van der Waals surface area contributed by atoms with Gasteiger partial charge in [-0.1, -0.05) is 6.07 Å². The Morgan fingerprint density at radius 1 is 1.26 bits per heavy atom. The van der Waals surface area contributed by atoms with Crippen molar-refractivity contribution in [2.24, 2.45) is 0 Å². The monoisotopic (exact) mass is 443 g/mol. The van der Waals surface area contributed by atoms with E-state index in [1.54, 1.807) is 0 Å². The molecule has 2 aromatic carbocycles. The Kier molecular flexibility index (Phi) is 5.69. The Morgan fingerprint density at radius 2 is 2.00 bits per heavy atom.